The van der Waals surface area contributed by atoms with Gasteiger partial charge in [0.25, 0.3) is 5.91 Å². The molecule has 0 radical (unpaired) electrons. The normalized spacial score (nSPS) is 16.6. The highest BCUT2D eigenvalue weighted by molar-refractivity contribution is 9.10. The summed E-state index contributed by atoms with van der Waals surface area (Å²) < 4.78 is 28.3. The van der Waals surface area contributed by atoms with Gasteiger partial charge in [0.05, 0.1) is 17.0 Å². The van der Waals surface area contributed by atoms with E-state index in [1.54, 1.807) is 24.3 Å². The number of anilines is 2. The van der Waals surface area contributed by atoms with Gasteiger partial charge in [-0.2, -0.15) is 4.31 Å². The summed E-state index contributed by atoms with van der Waals surface area (Å²) in [5.74, 6) is -1.39. The van der Waals surface area contributed by atoms with Gasteiger partial charge in [0.1, 0.15) is 6.04 Å². The number of amides is 3. The predicted octanol–water partition coefficient (Wildman–Crippen LogP) is 2.92. The molecular formula is C21H20BrN3O5S. The number of halogens is 1. The van der Waals surface area contributed by atoms with Crippen LogP contribution in [0.3, 0.4) is 0 Å². The molecule has 8 nitrogen and oxygen atoms in total. The van der Waals surface area contributed by atoms with Crippen LogP contribution in [0.15, 0.2) is 70.6 Å². The van der Waals surface area contributed by atoms with Gasteiger partial charge < -0.3 is 5.32 Å². The van der Waals surface area contributed by atoms with Crippen molar-refractivity contribution in [2.24, 2.45) is 0 Å². The molecule has 3 rings (SSSR count). The van der Waals surface area contributed by atoms with Crippen molar-refractivity contribution < 1.29 is 22.8 Å². The molecule has 162 valence electrons. The Labute approximate surface area is 188 Å². The Bertz CT molecular complexity index is 1130. The van der Waals surface area contributed by atoms with Gasteiger partial charge in [-0.1, -0.05) is 22.0 Å². The minimum atomic E-state index is -4.12. The second-order valence-electron chi connectivity index (χ2n) is 6.83. The van der Waals surface area contributed by atoms with E-state index in [1.807, 2.05) is 0 Å². The minimum Gasteiger partial charge on any atom is -0.326 e. The van der Waals surface area contributed by atoms with Gasteiger partial charge >= 0.3 is 0 Å². The van der Waals surface area contributed by atoms with E-state index in [0.717, 1.165) is 13.7 Å². The van der Waals surface area contributed by atoms with Crippen LogP contribution in [-0.2, 0) is 24.4 Å². The predicted molar refractivity (Wildman–Crippen MR) is 120 cm³/mol. The lowest BCUT2D eigenvalue weighted by Gasteiger charge is -2.25. The molecule has 0 spiro atoms. The van der Waals surface area contributed by atoms with Gasteiger partial charge in [-0.3, -0.25) is 14.4 Å². The molecule has 0 aromatic heterocycles. The molecule has 1 fully saturated rings. The molecule has 1 N–H and O–H groups in total. The summed E-state index contributed by atoms with van der Waals surface area (Å²) in [7, 11) is -4.12. The monoisotopic (exact) mass is 505 g/mol. The third-order valence-electron chi connectivity index (χ3n) is 4.65. The number of nitrogens with one attached hydrogen (secondary N) is 1. The van der Waals surface area contributed by atoms with Gasteiger partial charge in [0.2, 0.25) is 21.8 Å². The molecule has 1 saturated heterocycles. The minimum absolute atomic E-state index is 0.0641. The van der Waals surface area contributed by atoms with Crippen LogP contribution in [0.5, 0.6) is 0 Å². The zero-order valence-corrected chi connectivity index (χ0v) is 19.0. The van der Waals surface area contributed by atoms with Gasteiger partial charge in [-0.15, -0.1) is 6.58 Å². The Morgan fingerprint density at radius 2 is 1.81 bits per heavy atom. The van der Waals surface area contributed by atoms with Gasteiger partial charge in [-0.25, -0.2) is 13.3 Å². The molecule has 3 amide bonds. The number of carbonyl (C=O) groups excluding carboxylic acids is 3. The van der Waals surface area contributed by atoms with Gasteiger partial charge in [0.15, 0.2) is 0 Å². The van der Waals surface area contributed by atoms with Gasteiger partial charge in [0, 0.05) is 23.6 Å². The molecule has 2 aromatic rings. The second kappa shape index (κ2) is 9.13. The molecule has 1 heterocycles. The number of sulfonamides is 1. The molecule has 2 aromatic carbocycles. The lowest BCUT2D eigenvalue weighted by atomic mass is 10.2. The standard InChI is InChI=1S/C21H20BrN3O5S/c1-3-12-24(31(29,30)18-10-6-16(7-11-18)23-14(2)26)19-13-20(27)25(21(19)28)17-8-4-15(22)5-9-17/h3-11,19H,1,12-13H2,2H3,(H,23,26). The maximum atomic E-state index is 13.3. The summed E-state index contributed by atoms with van der Waals surface area (Å²) in [4.78, 5) is 37.8. The molecule has 10 heteroatoms. The van der Waals surface area contributed by atoms with Crippen LogP contribution < -0.4 is 10.2 Å². The van der Waals surface area contributed by atoms with E-state index in [1.165, 1.54) is 37.3 Å². The fourth-order valence-electron chi connectivity index (χ4n) is 3.27. The molecule has 31 heavy (non-hydrogen) atoms. The van der Waals surface area contributed by atoms with E-state index >= 15 is 0 Å². The number of nitrogens with zero attached hydrogens (tertiary/aromatic N) is 2. The maximum Gasteiger partial charge on any atom is 0.252 e. The lowest BCUT2D eigenvalue weighted by molar-refractivity contribution is -0.122. The number of imide groups is 1. The highest BCUT2D eigenvalue weighted by Gasteiger charge is 2.46. The number of benzene rings is 2. The van der Waals surface area contributed by atoms with E-state index < -0.39 is 27.9 Å². The van der Waals surface area contributed by atoms with Crippen LogP contribution in [0.25, 0.3) is 0 Å². The third-order valence-corrected chi connectivity index (χ3v) is 7.06. The van der Waals surface area contributed by atoms with Crippen LogP contribution in [0, 0.1) is 0 Å². The second-order valence-corrected chi connectivity index (χ2v) is 9.64. The first-order valence-electron chi connectivity index (χ1n) is 9.28. The molecule has 0 aliphatic carbocycles. The number of rotatable bonds is 7. The Morgan fingerprint density at radius 3 is 2.35 bits per heavy atom. The summed E-state index contributed by atoms with van der Waals surface area (Å²) in [6, 6.07) is 11.0. The number of carbonyl (C=O) groups is 3. The molecule has 0 bridgehead atoms. The van der Waals surface area contributed by atoms with Crippen molar-refractivity contribution in [3.63, 3.8) is 0 Å². The summed E-state index contributed by atoms with van der Waals surface area (Å²) in [6.45, 7) is 4.79. The zero-order chi connectivity index (χ0) is 22.8. The smallest absolute Gasteiger partial charge is 0.252 e. The van der Waals surface area contributed by atoms with Crippen LogP contribution >= 0.6 is 15.9 Å². The largest absolute Gasteiger partial charge is 0.326 e. The topological polar surface area (TPSA) is 104 Å². The quantitative estimate of drug-likeness (QED) is 0.460. The zero-order valence-electron chi connectivity index (χ0n) is 16.6. The van der Waals surface area contributed by atoms with Crippen LogP contribution in [0.4, 0.5) is 11.4 Å². The molecule has 1 unspecified atom stereocenters. The van der Waals surface area contributed by atoms with E-state index in [9.17, 15) is 22.8 Å². The number of hydrogen-bond donors (Lipinski definition) is 1. The first-order chi connectivity index (χ1) is 14.6. The average Bonchev–Trinajstić information content (AvgIpc) is 3.00. The maximum absolute atomic E-state index is 13.3. The first-order valence-corrected chi connectivity index (χ1v) is 11.5. The third kappa shape index (κ3) is 4.76. The van der Waals surface area contributed by atoms with Crippen LogP contribution in [0.1, 0.15) is 13.3 Å². The summed E-state index contributed by atoms with van der Waals surface area (Å²) in [5, 5.41) is 2.56. The van der Waals surface area contributed by atoms with Crippen molar-refractivity contribution in [2.75, 3.05) is 16.8 Å². The van der Waals surface area contributed by atoms with E-state index in [0.29, 0.717) is 11.4 Å². The van der Waals surface area contributed by atoms with Crippen molar-refractivity contribution in [3.8, 4) is 0 Å². The van der Waals surface area contributed by atoms with Crippen molar-refractivity contribution in [3.05, 3.63) is 65.7 Å². The Hall–Kier alpha value is -2.82. The molecule has 1 atom stereocenters. The average molecular weight is 506 g/mol. The highest BCUT2D eigenvalue weighted by atomic mass is 79.9. The van der Waals surface area contributed by atoms with Gasteiger partial charge in [-0.05, 0) is 48.5 Å². The summed E-state index contributed by atoms with van der Waals surface area (Å²) >= 11 is 3.30. The Kier molecular flexibility index (Phi) is 6.73. The summed E-state index contributed by atoms with van der Waals surface area (Å²) in [5.41, 5.74) is 0.812. The highest BCUT2D eigenvalue weighted by Crippen LogP contribution is 2.30. The Morgan fingerprint density at radius 1 is 1.19 bits per heavy atom. The van der Waals surface area contributed by atoms with E-state index in [-0.39, 0.29) is 23.8 Å². The summed E-state index contributed by atoms with van der Waals surface area (Å²) in [6.07, 6.45) is 1.09. The fraction of sp³-hybridized carbons (Fsp3) is 0.190. The van der Waals surface area contributed by atoms with Crippen LogP contribution in [0.2, 0.25) is 0 Å². The number of hydrogen-bond acceptors (Lipinski definition) is 5. The lowest BCUT2D eigenvalue weighted by Crippen LogP contribution is -2.45. The van der Waals surface area contributed by atoms with E-state index in [4.69, 9.17) is 0 Å². The van der Waals surface area contributed by atoms with Crippen molar-refractivity contribution in [1.82, 2.24) is 4.31 Å². The molecule has 1 aliphatic heterocycles. The Balaban J connectivity index is 1.93. The molecule has 0 saturated carbocycles. The van der Waals surface area contributed by atoms with Crippen molar-refractivity contribution in [2.45, 2.75) is 24.3 Å². The fourth-order valence-corrected chi connectivity index (χ4v) is 5.09. The van der Waals surface area contributed by atoms with E-state index in [2.05, 4.69) is 27.8 Å². The SMILES string of the molecule is C=CCN(C1CC(=O)N(c2ccc(Br)cc2)C1=O)S(=O)(=O)c1ccc(NC(C)=O)cc1. The molecular weight excluding hydrogens is 486 g/mol. The van der Waals surface area contributed by atoms with Crippen molar-refractivity contribution in [1.29, 1.82) is 0 Å². The van der Waals surface area contributed by atoms with Crippen molar-refractivity contribution >= 4 is 55.0 Å². The van der Waals surface area contributed by atoms with Crippen LogP contribution in [-0.4, -0.2) is 43.0 Å². The first kappa shape index (κ1) is 22.9. The molecule has 1 aliphatic rings.